The topological polar surface area (TPSA) is 38.7 Å². The minimum absolute atomic E-state index is 0.00889. The Morgan fingerprint density at radius 1 is 1.33 bits per heavy atom. The van der Waals surface area contributed by atoms with Crippen molar-refractivity contribution >= 4 is 0 Å². The van der Waals surface area contributed by atoms with Crippen LogP contribution in [0.2, 0.25) is 0 Å². The highest BCUT2D eigenvalue weighted by atomic mass is 16.5. The van der Waals surface area contributed by atoms with E-state index in [1.807, 2.05) is 37.3 Å². The normalized spacial score (nSPS) is 13.9. The number of benzene rings is 1. The molecular weight excluding hydrogens is 228 g/mol. The van der Waals surface area contributed by atoms with Gasteiger partial charge in [0, 0.05) is 12.5 Å². The number of ether oxygens (including phenoxy) is 2. The molecule has 0 aliphatic rings. The van der Waals surface area contributed by atoms with Crippen molar-refractivity contribution in [1.82, 2.24) is 0 Å². The van der Waals surface area contributed by atoms with Gasteiger partial charge in [-0.15, -0.1) is 6.58 Å². The van der Waals surface area contributed by atoms with Gasteiger partial charge in [-0.3, -0.25) is 0 Å². The van der Waals surface area contributed by atoms with Crippen molar-refractivity contribution in [2.24, 2.45) is 5.92 Å². The molecule has 18 heavy (non-hydrogen) atoms. The van der Waals surface area contributed by atoms with Crippen LogP contribution >= 0.6 is 0 Å². The van der Waals surface area contributed by atoms with Crippen LogP contribution in [0.3, 0.4) is 0 Å². The summed E-state index contributed by atoms with van der Waals surface area (Å²) in [4.78, 5) is 0. The van der Waals surface area contributed by atoms with Gasteiger partial charge in [-0.05, 0) is 24.1 Å². The molecular formula is C15H22O3. The highest BCUT2D eigenvalue weighted by Gasteiger charge is 2.14. The molecule has 0 aliphatic carbocycles. The van der Waals surface area contributed by atoms with Gasteiger partial charge in [0.15, 0.2) is 0 Å². The second-order valence-electron chi connectivity index (χ2n) is 4.30. The van der Waals surface area contributed by atoms with Gasteiger partial charge in [-0.1, -0.05) is 25.1 Å². The maximum Gasteiger partial charge on any atom is 0.118 e. The van der Waals surface area contributed by atoms with Crippen molar-refractivity contribution in [3.63, 3.8) is 0 Å². The maximum atomic E-state index is 9.02. The van der Waals surface area contributed by atoms with Crippen molar-refractivity contribution in [1.29, 1.82) is 0 Å². The molecule has 1 aromatic rings. The van der Waals surface area contributed by atoms with Gasteiger partial charge >= 0.3 is 0 Å². The molecule has 3 nitrogen and oxygen atoms in total. The highest BCUT2D eigenvalue weighted by Crippen LogP contribution is 2.16. The average Bonchev–Trinajstić information content (AvgIpc) is 2.43. The van der Waals surface area contributed by atoms with Crippen molar-refractivity contribution in [2.75, 3.05) is 13.7 Å². The van der Waals surface area contributed by atoms with Crippen LogP contribution in [0, 0.1) is 5.92 Å². The first-order chi connectivity index (χ1) is 8.71. The Hall–Kier alpha value is -1.32. The van der Waals surface area contributed by atoms with E-state index in [0.29, 0.717) is 13.0 Å². The fraction of sp³-hybridized carbons (Fsp3) is 0.467. The minimum atomic E-state index is 0.00889. The molecule has 0 fully saturated rings. The van der Waals surface area contributed by atoms with Crippen molar-refractivity contribution < 1.29 is 14.6 Å². The molecule has 0 saturated carbocycles. The van der Waals surface area contributed by atoms with Crippen LogP contribution in [-0.4, -0.2) is 24.9 Å². The fourth-order valence-electron chi connectivity index (χ4n) is 1.70. The van der Waals surface area contributed by atoms with E-state index in [-0.39, 0.29) is 18.6 Å². The van der Waals surface area contributed by atoms with Gasteiger partial charge in [0.1, 0.15) is 5.75 Å². The Bertz CT molecular complexity index is 345. The Labute approximate surface area is 109 Å². The summed E-state index contributed by atoms with van der Waals surface area (Å²) in [6.45, 7) is 6.47. The molecule has 1 aromatic carbocycles. The van der Waals surface area contributed by atoms with Crippen molar-refractivity contribution in [3.05, 3.63) is 42.5 Å². The van der Waals surface area contributed by atoms with Crippen LogP contribution < -0.4 is 4.74 Å². The lowest BCUT2D eigenvalue weighted by Crippen LogP contribution is -2.21. The third kappa shape index (κ3) is 4.51. The number of hydrogen-bond acceptors (Lipinski definition) is 3. The van der Waals surface area contributed by atoms with Gasteiger partial charge in [-0.25, -0.2) is 0 Å². The van der Waals surface area contributed by atoms with E-state index in [0.717, 1.165) is 11.3 Å². The molecule has 1 N–H and O–H groups in total. The molecule has 0 saturated heterocycles. The van der Waals surface area contributed by atoms with Gasteiger partial charge in [0.05, 0.1) is 19.8 Å². The van der Waals surface area contributed by atoms with E-state index < -0.39 is 0 Å². The summed E-state index contributed by atoms with van der Waals surface area (Å²) in [5, 5.41) is 9.02. The van der Waals surface area contributed by atoms with Crippen LogP contribution in [0.4, 0.5) is 0 Å². The molecule has 1 rings (SSSR count). The Morgan fingerprint density at radius 3 is 2.50 bits per heavy atom. The zero-order chi connectivity index (χ0) is 13.4. The summed E-state index contributed by atoms with van der Waals surface area (Å²) < 4.78 is 10.9. The smallest absolute Gasteiger partial charge is 0.118 e. The predicted molar refractivity (Wildman–Crippen MR) is 72.6 cm³/mol. The monoisotopic (exact) mass is 250 g/mol. The molecule has 0 aromatic heterocycles. The quantitative estimate of drug-likeness (QED) is 0.721. The standard InChI is InChI=1S/C15H22O3/c1-4-12(2)15(9-10-16)18-11-13-5-7-14(17-3)8-6-13/h4-8,12,15-16H,1,9-11H2,2-3H3/t12-,15+/m1/s1. The van der Waals surface area contributed by atoms with Crippen LogP contribution in [-0.2, 0) is 11.3 Å². The lowest BCUT2D eigenvalue weighted by molar-refractivity contribution is 0.00284. The molecule has 0 heterocycles. The van der Waals surface area contributed by atoms with Crippen molar-refractivity contribution in [2.45, 2.75) is 26.1 Å². The van der Waals surface area contributed by atoms with Gasteiger partial charge in [0.2, 0.25) is 0 Å². The average molecular weight is 250 g/mol. The minimum Gasteiger partial charge on any atom is -0.497 e. The number of aliphatic hydroxyl groups is 1. The Morgan fingerprint density at radius 2 is 2.00 bits per heavy atom. The van der Waals surface area contributed by atoms with Crippen LogP contribution in [0.25, 0.3) is 0 Å². The summed E-state index contributed by atoms with van der Waals surface area (Å²) in [6.07, 6.45) is 2.49. The van der Waals surface area contributed by atoms with E-state index in [4.69, 9.17) is 14.6 Å². The van der Waals surface area contributed by atoms with Gasteiger partial charge in [-0.2, -0.15) is 0 Å². The zero-order valence-corrected chi connectivity index (χ0v) is 11.1. The predicted octanol–water partition coefficient (Wildman–Crippen LogP) is 2.78. The van der Waals surface area contributed by atoms with E-state index in [9.17, 15) is 0 Å². The summed E-state index contributed by atoms with van der Waals surface area (Å²) in [5.41, 5.74) is 1.09. The maximum absolute atomic E-state index is 9.02. The fourth-order valence-corrected chi connectivity index (χ4v) is 1.70. The van der Waals surface area contributed by atoms with Crippen LogP contribution in [0.5, 0.6) is 5.75 Å². The van der Waals surface area contributed by atoms with E-state index in [1.54, 1.807) is 7.11 Å². The second kappa shape index (κ2) is 7.90. The van der Waals surface area contributed by atoms with Crippen molar-refractivity contribution in [3.8, 4) is 5.75 Å². The third-order valence-corrected chi connectivity index (χ3v) is 2.99. The number of hydrogen-bond donors (Lipinski definition) is 1. The SMILES string of the molecule is C=C[C@@H](C)[C@H](CCO)OCc1ccc(OC)cc1. The summed E-state index contributed by atoms with van der Waals surface area (Å²) in [5.74, 6) is 1.07. The first-order valence-electron chi connectivity index (χ1n) is 6.19. The number of aliphatic hydroxyl groups excluding tert-OH is 1. The molecule has 0 spiro atoms. The zero-order valence-electron chi connectivity index (χ0n) is 11.1. The lowest BCUT2D eigenvalue weighted by atomic mass is 10.0. The molecule has 0 radical (unpaired) electrons. The third-order valence-electron chi connectivity index (χ3n) is 2.99. The lowest BCUT2D eigenvalue weighted by Gasteiger charge is -2.21. The van der Waals surface area contributed by atoms with Crippen LogP contribution in [0.15, 0.2) is 36.9 Å². The Kier molecular flexibility index (Phi) is 6.47. The molecule has 0 amide bonds. The van der Waals surface area contributed by atoms with E-state index in [1.165, 1.54) is 0 Å². The summed E-state index contributed by atoms with van der Waals surface area (Å²) >= 11 is 0. The van der Waals surface area contributed by atoms with Gasteiger partial charge in [0.25, 0.3) is 0 Å². The second-order valence-corrected chi connectivity index (χ2v) is 4.30. The van der Waals surface area contributed by atoms with Crippen LogP contribution in [0.1, 0.15) is 18.9 Å². The molecule has 0 aliphatic heterocycles. The molecule has 3 heteroatoms. The largest absolute Gasteiger partial charge is 0.497 e. The number of rotatable bonds is 8. The molecule has 2 atom stereocenters. The molecule has 100 valence electrons. The highest BCUT2D eigenvalue weighted by molar-refractivity contribution is 5.26. The van der Waals surface area contributed by atoms with Gasteiger partial charge < -0.3 is 14.6 Å². The van der Waals surface area contributed by atoms with E-state index >= 15 is 0 Å². The summed E-state index contributed by atoms with van der Waals surface area (Å²) in [6, 6.07) is 7.79. The first-order valence-corrected chi connectivity index (χ1v) is 6.19. The summed E-state index contributed by atoms with van der Waals surface area (Å²) in [7, 11) is 1.65. The van der Waals surface area contributed by atoms with E-state index in [2.05, 4.69) is 6.58 Å². The molecule has 0 unspecified atom stereocenters. The first kappa shape index (κ1) is 14.7. The molecule has 0 bridgehead atoms. The Balaban J connectivity index is 2.52. The number of methoxy groups -OCH3 is 1.